The fraction of sp³-hybridized carbons (Fsp3) is 0.300. The van der Waals surface area contributed by atoms with Gasteiger partial charge in [-0.2, -0.15) is 5.11 Å². The van der Waals surface area contributed by atoms with Crippen LogP contribution in [-0.2, 0) is 0 Å². The highest BCUT2D eigenvalue weighted by Crippen LogP contribution is 2.30. The number of anilines is 1. The quantitative estimate of drug-likeness (QED) is 0.669. The fourth-order valence-corrected chi connectivity index (χ4v) is 1.49. The maximum absolute atomic E-state index is 11.5. The van der Waals surface area contributed by atoms with Crippen LogP contribution in [0.1, 0.15) is 13.8 Å². The molecule has 72 valence electrons. The van der Waals surface area contributed by atoms with E-state index in [1.807, 2.05) is 44.2 Å². The molecule has 1 heterocycles. The van der Waals surface area contributed by atoms with Gasteiger partial charge < -0.3 is 0 Å². The molecule has 0 fully saturated rings. The Morgan fingerprint density at radius 1 is 1.21 bits per heavy atom. The molecular weight excluding hydrogens is 178 g/mol. The molecule has 4 heteroatoms. The predicted molar refractivity (Wildman–Crippen MR) is 53.3 cm³/mol. The fourth-order valence-electron chi connectivity index (χ4n) is 1.49. The number of amides is 2. The van der Waals surface area contributed by atoms with Crippen molar-refractivity contribution in [1.29, 1.82) is 0 Å². The van der Waals surface area contributed by atoms with Gasteiger partial charge in [0.2, 0.25) is 0 Å². The van der Waals surface area contributed by atoms with E-state index in [-0.39, 0.29) is 6.03 Å². The molecule has 0 radical (unpaired) electrons. The lowest BCUT2D eigenvalue weighted by Gasteiger charge is -2.27. The summed E-state index contributed by atoms with van der Waals surface area (Å²) in [7, 11) is 0. The molecule has 0 bridgehead atoms. The average molecular weight is 189 g/mol. The molecule has 14 heavy (non-hydrogen) atoms. The first-order valence-electron chi connectivity index (χ1n) is 4.43. The SMILES string of the molecule is CC1(C)N=NC(=O)N1c1ccccc1. The van der Waals surface area contributed by atoms with Gasteiger partial charge in [-0.05, 0) is 26.0 Å². The Hall–Kier alpha value is -1.71. The summed E-state index contributed by atoms with van der Waals surface area (Å²) in [5.41, 5.74) is 0.255. The maximum atomic E-state index is 11.5. The molecular formula is C10H11N3O. The zero-order valence-electron chi connectivity index (χ0n) is 8.14. The van der Waals surface area contributed by atoms with Crippen molar-refractivity contribution in [3.8, 4) is 0 Å². The van der Waals surface area contributed by atoms with Crippen molar-refractivity contribution in [2.45, 2.75) is 19.5 Å². The minimum atomic E-state index is -0.571. The average Bonchev–Trinajstić information content (AvgIpc) is 2.42. The third-order valence-corrected chi connectivity index (χ3v) is 2.13. The number of nitrogens with zero attached hydrogens (tertiary/aromatic N) is 3. The zero-order chi connectivity index (χ0) is 10.2. The Labute approximate surface area is 82.3 Å². The summed E-state index contributed by atoms with van der Waals surface area (Å²) in [6.45, 7) is 3.71. The monoisotopic (exact) mass is 189 g/mol. The van der Waals surface area contributed by atoms with E-state index < -0.39 is 5.66 Å². The van der Waals surface area contributed by atoms with Crippen LogP contribution in [-0.4, -0.2) is 11.7 Å². The molecule has 1 aliphatic rings. The highest BCUT2D eigenvalue weighted by molar-refractivity contribution is 5.95. The number of azo groups is 1. The molecule has 0 saturated heterocycles. The molecule has 0 spiro atoms. The minimum Gasteiger partial charge on any atom is -0.264 e. The molecule has 1 aromatic carbocycles. The number of para-hydroxylation sites is 1. The van der Waals surface area contributed by atoms with Crippen molar-refractivity contribution < 1.29 is 4.79 Å². The van der Waals surface area contributed by atoms with Crippen molar-refractivity contribution >= 4 is 11.7 Å². The van der Waals surface area contributed by atoms with E-state index in [4.69, 9.17) is 0 Å². The van der Waals surface area contributed by atoms with Crippen molar-refractivity contribution in [2.75, 3.05) is 4.90 Å². The molecule has 4 nitrogen and oxygen atoms in total. The molecule has 2 amide bonds. The lowest BCUT2D eigenvalue weighted by Crippen LogP contribution is -2.40. The second-order valence-electron chi connectivity index (χ2n) is 3.65. The molecule has 0 aliphatic carbocycles. The molecule has 1 aromatic rings. The first-order valence-corrected chi connectivity index (χ1v) is 4.43. The van der Waals surface area contributed by atoms with E-state index in [0.717, 1.165) is 5.69 Å². The molecule has 0 saturated carbocycles. The van der Waals surface area contributed by atoms with Crippen LogP contribution >= 0.6 is 0 Å². The Balaban J connectivity index is 2.41. The molecule has 1 aliphatic heterocycles. The van der Waals surface area contributed by atoms with Gasteiger partial charge in [0.05, 0.1) is 0 Å². The zero-order valence-corrected chi connectivity index (χ0v) is 8.14. The lowest BCUT2D eigenvalue weighted by atomic mass is 10.2. The maximum Gasteiger partial charge on any atom is 0.368 e. The van der Waals surface area contributed by atoms with Crippen LogP contribution in [0.25, 0.3) is 0 Å². The van der Waals surface area contributed by atoms with Gasteiger partial charge in [-0.1, -0.05) is 23.3 Å². The second-order valence-corrected chi connectivity index (χ2v) is 3.65. The summed E-state index contributed by atoms with van der Waals surface area (Å²) in [5, 5.41) is 7.47. The highest BCUT2D eigenvalue weighted by Gasteiger charge is 2.37. The number of hydrogen-bond acceptors (Lipinski definition) is 2. The third kappa shape index (κ3) is 1.28. The normalized spacial score (nSPS) is 19.0. The number of urea groups is 1. The summed E-state index contributed by atoms with van der Waals surface area (Å²) in [5.74, 6) is 0. The smallest absolute Gasteiger partial charge is 0.264 e. The van der Waals surface area contributed by atoms with Gasteiger partial charge in [-0.15, -0.1) is 0 Å². The Bertz CT molecular complexity index is 384. The summed E-state index contributed by atoms with van der Waals surface area (Å²) in [4.78, 5) is 13.0. The minimum absolute atomic E-state index is 0.304. The Morgan fingerprint density at radius 3 is 2.36 bits per heavy atom. The number of rotatable bonds is 1. The first kappa shape index (κ1) is 8.87. The van der Waals surface area contributed by atoms with Gasteiger partial charge in [0, 0.05) is 5.69 Å². The van der Waals surface area contributed by atoms with Crippen LogP contribution in [0.5, 0.6) is 0 Å². The number of carbonyl (C=O) groups is 1. The standard InChI is InChI=1S/C10H11N3O/c1-10(2)12-11-9(14)13(10)8-6-4-3-5-7-8/h3-7H,1-2H3. The van der Waals surface area contributed by atoms with Gasteiger partial charge in [0.1, 0.15) is 0 Å². The van der Waals surface area contributed by atoms with Gasteiger partial charge in [0.15, 0.2) is 5.66 Å². The largest absolute Gasteiger partial charge is 0.368 e. The van der Waals surface area contributed by atoms with Crippen LogP contribution < -0.4 is 4.90 Å². The van der Waals surface area contributed by atoms with Crippen LogP contribution in [0, 0.1) is 0 Å². The summed E-state index contributed by atoms with van der Waals surface area (Å²) < 4.78 is 0. The molecule has 0 unspecified atom stereocenters. The second kappa shape index (κ2) is 2.90. The van der Waals surface area contributed by atoms with Crippen LogP contribution in [0.2, 0.25) is 0 Å². The van der Waals surface area contributed by atoms with Crippen molar-refractivity contribution in [1.82, 2.24) is 0 Å². The van der Waals surface area contributed by atoms with E-state index in [1.165, 1.54) is 0 Å². The topological polar surface area (TPSA) is 45.0 Å². The van der Waals surface area contributed by atoms with E-state index in [1.54, 1.807) is 4.90 Å². The summed E-state index contributed by atoms with van der Waals surface area (Å²) >= 11 is 0. The summed E-state index contributed by atoms with van der Waals surface area (Å²) in [6, 6.07) is 9.12. The number of hydrogen-bond donors (Lipinski definition) is 0. The lowest BCUT2D eigenvalue weighted by molar-refractivity contribution is 0.254. The predicted octanol–water partition coefficient (Wildman–Crippen LogP) is 2.81. The van der Waals surface area contributed by atoms with E-state index in [9.17, 15) is 4.79 Å². The van der Waals surface area contributed by atoms with Gasteiger partial charge in [-0.25, -0.2) is 4.79 Å². The van der Waals surface area contributed by atoms with Gasteiger partial charge >= 0.3 is 6.03 Å². The molecule has 0 atom stereocenters. The molecule has 0 aromatic heterocycles. The number of carbonyl (C=O) groups excluding carboxylic acids is 1. The summed E-state index contributed by atoms with van der Waals surface area (Å²) in [6.07, 6.45) is 0. The van der Waals surface area contributed by atoms with Gasteiger partial charge in [-0.3, -0.25) is 4.90 Å². The third-order valence-electron chi connectivity index (χ3n) is 2.13. The number of benzene rings is 1. The van der Waals surface area contributed by atoms with E-state index in [0.29, 0.717) is 0 Å². The molecule has 0 N–H and O–H groups in total. The Kier molecular flexibility index (Phi) is 1.84. The van der Waals surface area contributed by atoms with E-state index >= 15 is 0 Å². The first-order chi connectivity index (χ1) is 6.61. The van der Waals surface area contributed by atoms with Crippen molar-refractivity contribution in [3.05, 3.63) is 30.3 Å². The van der Waals surface area contributed by atoms with Crippen molar-refractivity contribution in [3.63, 3.8) is 0 Å². The van der Waals surface area contributed by atoms with Crippen LogP contribution in [0.3, 0.4) is 0 Å². The van der Waals surface area contributed by atoms with Crippen molar-refractivity contribution in [2.24, 2.45) is 10.2 Å². The molecule has 2 rings (SSSR count). The Morgan fingerprint density at radius 2 is 1.86 bits per heavy atom. The van der Waals surface area contributed by atoms with Crippen LogP contribution in [0.4, 0.5) is 10.5 Å². The van der Waals surface area contributed by atoms with Crippen LogP contribution in [0.15, 0.2) is 40.6 Å². The van der Waals surface area contributed by atoms with E-state index in [2.05, 4.69) is 10.2 Å². The van der Waals surface area contributed by atoms with Gasteiger partial charge in [0.25, 0.3) is 0 Å². The highest BCUT2D eigenvalue weighted by atomic mass is 16.2.